The van der Waals surface area contributed by atoms with Gasteiger partial charge in [0.25, 0.3) is 10.0 Å². The van der Waals surface area contributed by atoms with Crippen LogP contribution < -0.4 is 9.86 Å². The summed E-state index contributed by atoms with van der Waals surface area (Å²) in [6, 6.07) is 7.33. The van der Waals surface area contributed by atoms with E-state index in [1.54, 1.807) is 19.1 Å². The van der Waals surface area contributed by atoms with Crippen LogP contribution in [-0.4, -0.2) is 16.8 Å². The number of primary sulfonamides is 1. The maximum Gasteiger partial charge on any atom is 0.262 e. The summed E-state index contributed by atoms with van der Waals surface area (Å²) in [5.41, 5.74) is 0.0963. The number of hydrogen-bond acceptors (Lipinski definition) is 4. The summed E-state index contributed by atoms with van der Waals surface area (Å²) in [4.78, 5) is -0.474. The van der Waals surface area contributed by atoms with E-state index in [0.29, 0.717) is 16.1 Å². The summed E-state index contributed by atoms with van der Waals surface area (Å²) in [7, 11) is -8.11. The molecule has 0 aliphatic heterocycles. The number of nitrogens with two attached hydrogens (primary N) is 1. The summed E-state index contributed by atoms with van der Waals surface area (Å²) >= 11 is 3.17. The number of halogens is 2. The number of anilines is 1. The highest BCUT2D eigenvalue weighted by atomic mass is 79.9. The van der Waals surface area contributed by atoms with Crippen LogP contribution >= 0.6 is 15.9 Å². The van der Waals surface area contributed by atoms with Crippen LogP contribution in [0.2, 0.25) is 0 Å². The first-order valence-electron chi connectivity index (χ1n) is 6.12. The number of sulfonamides is 2. The lowest BCUT2D eigenvalue weighted by atomic mass is 10.2. The molecule has 124 valence electrons. The molecule has 2 aromatic rings. The van der Waals surface area contributed by atoms with Gasteiger partial charge in [-0.3, -0.25) is 4.72 Å². The summed E-state index contributed by atoms with van der Waals surface area (Å²) in [6.45, 7) is 1.60. The molecule has 0 unspecified atom stereocenters. The third kappa shape index (κ3) is 4.08. The van der Waals surface area contributed by atoms with Crippen molar-refractivity contribution < 1.29 is 21.2 Å². The average Bonchev–Trinajstić information content (AvgIpc) is 2.42. The second kappa shape index (κ2) is 6.19. The van der Waals surface area contributed by atoms with Gasteiger partial charge in [-0.05, 0) is 42.8 Å². The van der Waals surface area contributed by atoms with Gasteiger partial charge in [0.2, 0.25) is 10.0 Å². The quantitative estimate of drug-likeness (QED) is 0.787. The Morgan fingerprint density at radius 1 is 1.09 bits per heavy atom. The molecule has 0 heterocycles. The maximum atomic E-state index is 14.0. The van der Waals surface area contributed by atoms with Crippen LogP contribution in [0, 0.1) is 12.7 Å². The number of hydrogen-bond donors (Lipinski definition) is 2. The van der Waals surface area contributed by atoms with Crippen LogP contribution in [0.25, 0.3) is 0 Å². The zero-order valence-electron chi connectivity index (χ0n) is 11.7. The zero-order chi connectivity index (χ0) is 17.4. The molecule has 2 rings (SSSR count). The molecule has 0 saturated carbocycles. The summed E-state index contributed by atoms with van der Waals surface area (Å²) in [5, 5.41) is 4.89. The van der Waals surface area contributed by atoms with E-state index in [-0.39, 0.29) is 10.6 Å². The van der Waals surface area contributed by atoms with Crippen molar-refractivity contribution in [2.45, 2.75) is 16.7 Å². The Balaban J connectivity index is 2.44. The van der Waals surface area contributed by atoms with Crippen LogP contribution in [0.4, 0.5) is 10.1 Å². The molecule has 0 aliphatic rings. The summed E-state index contributed by atoms with van der Waals surface area (Å²) in [6.07, 6.45) is 0. The fourth-order valence-corrected chi connectivity index (χ4v) is 4.20. The van der Waals surface area contributed by atoms with Crippen molar-refractivity contribution in [3.63, 3.8) is 0 Å². The topological polar surface area (TPSA) is 106 Å². The standard InChI is InChI=1S/C13H12BrFN2O4S2/c1-8-2-3-9(14)6-13(8)23(20,21)17-12-5-4-10(7-11(12)15)22(16,18)19/h2-7,17H,1H3,(H2,16,18,19). The van der Waals surface area contributed by atoms with Crippen LogP contribution in [0.1, 0.15) is 5.56 Å². The van der Waals surface area contributed by atoms with Crippen molar-refractivity contribution in [3.05, 3.63) is 52.3 Å². The molecule has 3 N–H and O–H groups in total. The first kappa shape index (κ1) is 17.9. The lowest BCUT2D eigenvalue weighted by Gasteiger charge is -2.12. The van der Waals surface area contributed by atoms with E-state index < -0.39 is 30.8 Å². The highest BCUT2D eigenvalue weighted by molar-refractivity contribution is 9.10. The van der Waals surface area contributed by atoms with Gasteiger partial charge < -0.3 is 0 Å². The van der Waals surface area contributed by atoms with Gasteiger partial charge >= 0.3 is 0 Å². The van der Waals surface area contributed by atoms with E-state index >= 15 is 0 Å². The first-order valence-corrected chi connectivity index (χ1v) is 9.94. The number of benzene rings is 2. The van der Waals surface area contributed by atoms with Crippen molar-refractivity contribution in [3.8, 4) is 0 Å². The van der Waals surface area contributed by atoms with Crippen molar-refractivity contribution >= 4 is 41.7 Å². The predicted molar refractivity (Wildman–Crippen MR) is 87.5 cm³/mol. The Hall–Kier alpha value is -1.49. The van der Waals surface area contributed by atoms with Crippen molar-refractivity contribution in [1.29, 1.82) is 0 Å². The van der Waals surface area contributed by atoms with E-state index in [9.17, 15) is 21.2 Å². The molecule has 10 heteroatoms. The number of rotatable bonds is 4. The third-order valence-corrected chi connectivity index (χ3v) is 5.86. The Morgan fingerprint density at radius 2 is 1.74 bits per heavy atom. The molecule has 0 fully saturated rings. The Morgan fingerprint density at radius 3 is 2.30 bits per heavy atom. The van der Waals surface area contributed by atoms with Crippen LogP contribution in [0.15, 0.2) is 50.7 Å². The Bertz CT molecular complexity index is 975. The maximum absolute atomic E-state index is 14.0. The van der Waals surface area contributed by atoms with Crippen molar-refractivity contribution in [2.75, 3.05) is 4.72 Å². The average molecular weight is 423 g/mol. The second-order valence-electron chi connectivity index (χ2n) is 4.70. The van der Waals surface area contributed by atoms with Crippen molar-refractivity contribution in [1.82, 2.24) is 0 Å². The predicted octanol–water partition coefficient (Wildman–Crippen LogP) is 2.34. The van der Waals surface area contributed by atoms with Crippen LogP contribution in [-0.2, 0) is 20.0 Å². The molecule has 0 amide bonds. The second-order valence-corrected chi connectivity index (χ2v) is 8.83. The fraction of sp³-hybridized carbons (Fsp3) is 0.0769. The van der Waals surface area contributed by atoms with Gasteiger partial charge in [0, 0.05) is 4.47 Å². The zero-order valence-corrected chi connectivity index (χ0v) is 15.0. The largest absolute Gasteiger partial charge is 0.277 e. The van der Waals surface area contributed by atoms with Crippen LogP contribution in [0.3, 0.4) is 0 Å². The Labute approximate surface area is 141 Å². The van der Waals surface area contributed by atoms with E-state index in [1.165, 1.54) is 6.07 Å². The molecule has 23 heavy (non-hydrogen) atoms. The molecule has 0 radical (unpaired) electrons. The molecule has 6 nitrogen and oxygen atoms in total. The van der Waals surface area contributed by atoms with Gasteiger partial charge in [0.05, 0.1) is 15.5 Å². The van der Waals surface area contributed by atoms with E-state index in [4.69, 9.17) is 5.14 Å². The number of nitrogens with one attached hydrogen (secondary N) is 1. The molecule has 0 spiro atoms. The van der Waals surface area contributed by atoms with E-state index in [0.717, 1.165) is 12.1 Å². The lowest BCUT2D eigenvalue weighted by Crippen LogP contribution is -2.16. The monoisotopic (exact) mass is 422 g/mol. The molecule has 0 atom stereocenters. The SMILES string of the molecule is Cc1ccc(Br)cc1S(=O)(=O)Nc1ccc(S(N)(=O)=O)cc1F. The molecule has 0 saturated heterocycles. The van der Waals surface area contributed by atoms with Gasteiger partial charge in [-0.1, -0.05) is 22.0 Å². The molecular weight excluding hydrogens is 411 g/mol. The minimum absolute atomic E-state index is 0.0261. The van der Waals surface area contributed by atoms with Gasteiger partial charge in [0.1, 0.15) is 5.82 Å². The molecule has 0 aromatic heterocycles. The minimum Gasteiger partial charge on any atom is -0.277 e. The van der Waals surface area contributed by atoms with Gasteiger partial charge in [-0.25, -0.2) is 26.4 Å². The third-order valence-electron chi connectivity index (χ3n) is 2.95. The minimum atomic E-state index is -4.07. The molecule has 2 aromatic carbocycles. The summed E-state index contributed by atoms with van der Waals surface area (Å²) < 4.78 is 63.6. The van der Waals surface area contributed by atoms with Gasteiger partial charge in [0.15, 0.2) is 0 Å². The Kier molecular flexibility index (Phi) is 4.81. The smallest absolute Gasteiger partial charge is 0.262 e. The summed E-state index contributed by atoms with van der Waals surface area (Å²) in [5.74, 6) is -1.05. The van der Waals surface area contributed by atoms with Crippen molar-refractivity contribution in [2.24, 2.45) is 5.14 Å². The highest BCUT2D eigenvalue weighted by Gasteiger charge is 2.20. The lowest BCUT2D eigenvalue weighted by molar-refractivity contribution is 0.592. The van der Waals surface area contributed by atoms with E-state index in [1.807, 2.05) is 0 Å². The molecular formula is C13H12BrFN2O4S2. The number of aryl methyl sites for hydroxylation is 1. The highest BCUT2D eigenvalue weighted by Crippen LogP contribution is 2.25. The van der Waals surface area contributed by atoms with Crippen LogP contribution in [0.5, 0.6) is 0 Å². The molecule has 0 aliphatic carbocycles. The fourth-order valence-electron chi connectivity index (χ4n) is 1.82. The van der Waals surface area contributed by atoms with E-state index in [2.05, 4.69) is 20.7 Å². The van der Waals surface area contributed by atoms with Gasteiger partial charge in [-0.15, -0.1) is 0 Å². The first-order chi connectivity index (χ1) is 10.5. The molecule has 0 bridgehead atoms. The van der Waals surface area contributed by atoms with Gasteiger partial charge in [-0.2, -0.15) is 0 Å². The normalized spacial score (nSPS) is 12.2.